The van der Waals surface area contributed by atoms with Crippen LogP contribution in [0.25, 0.3) is 0 Å². The molecule has 0 aromatic heterocycles. The van der Waals surface area contributed by atoms with Gasteiger partial charge in [-0.3, -0.25) is 0 Å². The lowest BCUT2D eigenvalue weighted by atomic mass is 9.87. The van der Waals surface area contributed by atoms with E-state index in [4.69, 9.17) is 5.11 Å². The number of hydrogen-bond donors (Lipinski definition) is 2. The quantitative estimate of drug-likeness (QED) is 0.815. The Morgan fingerprint density at radius 1 is 1.20 bits per heavy atom. The van der Waals surface area contributed by atoms with Crippen LogP contribution in [0.2, 0.25) is 0 Å². The van der Waals surface area contributed by atoms with Crippen molar-refractivity contribution in [2.24, 2.45) is 17.8 Å². The zero-order valence-corrected chi connectivity index (χ0v) is 13.1. The van der Waals surface area contributed by atoms with E-state index in [1.165, 1.54) is 0 Å². The van der Waals surface area contributed by atoms with Crippen LogP contribution in [-0.4, -0.2) is 41.1 Å². The number of carbonyl (C=O) groups excluding carboxylic acids is 1. The Morgan fingerprint density at radius 2 is 1.75 bits per heavy atom. The van der Waals surface area contributed by atoms with E-state index in [1.54, 1.807) is 4.90 Å². The van der Waals surface area contributed by atoms with Crippen molar-refractivity contribution in [3.8, 4) is 0 Å². The Hall–Kier alpha value is -1.26. The van der Waals surface area contributed by atoms with Gasteiger partial charge in [0.25, 0.3) is 0 Å². The molecule has 0 bridgehead atoms. The maximum atomic E-state index is 12.1. The van der Waals surface area contributed by atoms with Crippen molar-refractivity contribution in [2.45, 2.75) is 53.0 Å². The maximum Gasteiger partial charge on any atom is 0.326 e. The summed E-state index contributed by atoms with van der Waals surface area (Å²) in [6.07, 6.45) is 2.48. The van der Waals surface area contributed by atoms with Gasteiger partial charge in [-0.25, -0.2) is 9.59 Å². The van der Waals surface area contributed by atoms with Crippen molar-refractivity contribution in [2.75, 3.05) is 13.1 Å². The molecule has 1 fully saturated rings. The summed E-state index contributed by atoms with van der Waals surface area (Å²) in [4.78, 5) is 25.0. The van der Waals surface area contributed by atoms with Gasteiger partial charge in [0, 0.05) is 13.1 Å². The lowest BCUT2D eigenvalue weighted by Crippen LogP contribution is -2.50. The van der Waals surface area contributed by atoms with Gasteiger partial charge in [-0.1, -0.05) is 27.7 Å². The molecule has 0 unspecified atom stereocenters. The summed E-state index contributed by atoms with van der Waals surface area (Å²) in [5.41, 5.74) is 0. The second-order valence-corrected chi connectivity index (χ2v) is 6.54. The first-order chi connectivity index (χ1) is 9.31. The second-order valence-electron chi connectivity index (χ2n) is 6.54. The predicted octanol–water partition coefficient (Wildman–Crippen LogP) is 2.56. The van der Waals surface area contributed by atoms with Crippen LogP contribution in [-0.2, 0) is 4.79 Å². The Labute approximate surface area is 121 Å². The number of likely N-dealkylation sites (tertiary alicyclic amines) is 1. The zero-order chi connectivity index (χ0) is 15.3. The van der Waals surface area contributed by atoms with Crippen LogP contribution in [0, 0.1) is 17.8 Å². The smallest absolute Gasteiger partial charge is 0.326 e. The Kier molecular flexibility index (Phi) is 6.30. The second kappa shape index (κ2) is 7.50. The molecule has 0 saturated carbocycles. The molecule has 1 aliphatic rings. The third kappa shape index (κ3) is 5.02. The van der Waals surface area contributed by atoms with Gasteiger partial charge in [-0.15, -0.1) is 0 Å². The van der Waals surface area contributed by atoms with E-state index in [0.717, 1.165) is 25.9 Å². The van der Waals surface area contributed by atoms with Gasteiger partial charge in [0.2, 0.25) is 0 Å². The SMILES string of the molecule is CC(C)C[C@H](NC(=O)N1CCC(C(C)C)CC1)C(=O)O. The highest BCUT2D eigenvalue weighted by Crippen LogP contribution is 2.24. The summed E-state index contributed by atoms with van der Waals surface area (Å²) in [6.45, 7) is 9.78. The number of carboxylic acids is 1. The van der Waals surface area contributed by atoms with Crippen molar-refractivity contribution in [1.82, 2.24) is 10.2 Å². The zero-order valence-electron chi connectivity index (χ0n) is 13.1. The maximum absolute atomic E-state index is 12.1. The summed E-state index contributed by atoms with van der Waals surface area (Å²) >= 11 is 0. The summed E-state index contributed by atoms with van der Waals surface area (Å²) in [7, 11) is 0. The number of carboxylic acid groups (broad SMARTS) is 1. The molecule has 0 aromatic rings. The number of piperidine rings is 1. The molecule has 1 atom stereocenters. The van der Waals surface area contributed by atoms with Crippen molar-refractivity contribution < 1.29 is 14.7 Å². The van der Waals surface area contributed by atoms with E-state index in [9.17, 15) is 9.59 Å². The molecule has 0 aliphatic carbocycles. The van der Waals surface area contributed by atoms with Crippen LogP contribution >= 0.6 is 0 Å². The fraction of sp³-hybridized carbons (Fsp3) is 0.867. The molecule has 0 spiro atoms. The number of amides is 2. The molecule has 20 heavy (non-hydrogen) atoms. The van der Waals surface area contributed by atoms with Gasteiger partial charge in [-0.05, 0) is 37.0 Å². The first-order valence-electron chi connectivity index (χ1n) is 7.59. The standard InChI is InChI=1S/C15H28N2O3/c1-10(2)9-13(14(18)19)16-15(20)17-7-5-12(6-8-17)11(3)4/h10-13H,5-9H2,1-4H3,(H,16,20)(H,18,19)/t13-/m0/s1. The van der Waals surface area contributed by atoms with E-state index in [-0.39, 0.29) is 11.9 Å². The van der Waals surface area contributed by atoms with Crippen LogP contribution in [0.3, 0.4) is 0 Å². The normalized spacial score (nSPS) is 18.4. The molecule has 1 saturated heterocycles. The van der Waals surface area contributed by atoms with E-state index in [2.05, 4.69) is 19.2 Å². The molecule has 2 N–H and O–H groups in total. The fourth-order valence-electron chi connectivity index (χ4n) is 2.70. The fourth-order valence-corrected chi connectivity index (χ4v) is 2.70. The van der Waals surface area contributed by atoms with Gasteiger partial charge in [0.15, 0.2) is 0 Å². The molecular formula is C15H28N2O3. The number of rotatable bonds is 5. The highest BCUT2D eigenvalue weighted by Gasteiger charge is 2.27. The number of nitrogens with one attached hydrogen (secondary N) is 1. The Balaban J connectivity index is 2.48. The summed E-state index contributed by atoms with van der Waals surface area (Å²) in [5, 5.41) is 11.8. The van der Waals surface area contributed by atoms with Crippen LogP contribution in [0.4, 0.5) is 4.79 Å². The van der Waals surface area contributed by atoms with E-state index in [1.807, 2.05) is 13.8 Å². The molecule has 1 aliphatic heterocycles. The first-order valence-corrected chi connectivity index (χ1v) is 7.59. The Bertz CT molecular complexity index is 334. The molecule has 2 amide bonds. The summed E-state index contributed by atoms with van der Waals surface area (Å²) < 4.78 is 0. The van der Waals surface area contributed by atoms with Crippen LogP contribution < -0.4 is 5.32 Å². The molecule has 116 valence electrons. The Morgan fingerprint density at radius 3 is 2.15 bits per heavy atom. The largest absolute Gasteiger partial charge is 0.480 e. The minimum absolute atomic E-state index is 0.236. The summed E-state index contributed by atoms with van der Waals surface area (Å²) in [5.74, 6) is 0.602. The first kappa shape index (κ1) is 16.8. The number of nitrogens with zero attached hydrogens (tertiary/aromatic N) is 1. The number of carbonyl (C=O) groups is 2. The van der Waals surface area contributed by atoms with Crippen LogP contribution in [0.15, 0.2) is 0 Å². The highest BCUT2D eigenvalue weighted by molar-refractivity contribution is 5.82. The van der Waals surface area contributed by atoms with Crippen LogP contribution in [0.5, 0.6) is 0 Å². The van der Waals surface area contributed by atoms with Crippen molar-refractivity contribution in [3.05, 3.63) is 0 Å². The third-order valence-electron chi connectivity index (χ3n) is 4.07. The van der Waals surface area contributed by atoms with Crippen molar-refractivity contribution in [3.63, 3.8) is 0 Å². The van der Waals surface area contributed by atoms with Crippen LogP contribution in [0.1, 0.15) is 47.0 Å². The number of aliphatic carboxylic acids is 1. The monoisotopic (exact) mass is 284 g/mol. The third-order valence-corrected chi connectivity index (χ3v) is 4.07. The molecule has 0 radical (unpaired) electrons. The van der Waals surface area contributed by atoms with Crippen molar-refractivity contribution >= 4 is 12.0 Å². The van der Waals surface area contributed by atoms with Gasteiger partial charge in [-0.2, -0.15) is 0 Å². The highest BCUT2D eigenvalue weighted by atomic mass is 16.4. The van der Waals surface area contributed by atoms with E-state index in [0.29, 0.717) is 18.3 Å². The topological polar surface area (TPSA) is 69.6 Å². The van der Waals surface area contributed by atoms with Gasteiger partial charge in [0.1, 0.15) is 6.04 Å². The average molecular weight is 284 g/mol. The number of hydrogen-bond acceptors (Lipinski definition) is 2. The minimum atomic E-state index is -0.955. The van der Waals surface area contributed by atoms with Crippen molar-refractivity contribution in [1.29, 1.82) is 0 Å². The number of urea groups is 1. The predicted molar refractivity (Wildman–Crippen MR) is 78.5 cm³/mol. The minimum Gasteiger partial charge on any atom is -0.480 e. The van der Waals surface area contributed by atoms with Gasteiger partial charge < -0.3 is 15.3 Å². The molecular weight excluding hydrogens is 256 g/mol. The summed E-state index contributed by atoms with van der Waals surface area (Å²) in [6, 6.07) is -1.02. The van der Waals surface area contributed by atoms with Gasteiger partial charge in [0.05, 0.1) is 0 Å². The van der Waals surface area contributed by atoms with E-state index < -0.39 is 12.0 Å². The molecule has 1 heterocycles. The van der Waals surface area contributed by atoms with E-state index >= 15 is 0 Å². The molecule has 0 aromatic carbocycles. The molecule has 5 heteroatoms. The van der Waals surface area contributed by atoms with Gasteiger partial charge >= 0.3 is 12.0 Å². The lowest BCUT2D eigenvalue weighted by molar-refractivity contribution is -0.139. The molecule has 5 nitrogen and oxygen atoms in total. The molecule has 1 rings (SSSR count). The lowest BCUT2D eigenvalue weighted by Gasteiger charge is -2.34. The average Bonchev–Trinajstić information content (AvgIpc) is 2.37.